The summed E-state index contributed by atoms with van der Waals surface area (Å²) in [6.45, 7) is 4.14. The molecule has 1 unspecified atom stereocenters. The monoisotopic (exact) mass is 240 g/mol. The Morgan fingerprint density at radius 2 is 2.33 bits per heavy atom. The topological polar surface area (TPSA) is 59.6 Å². The zero-order valence-corrected chi connectivity index (χ0v) is 10.2. The highest BCUT2D eigenvalue weighted by Crippen LogP contribution is 2.26. The van der Waals surface area contributed by atoms with Gasteiger partial charge in [0.2, 0.25) is 5.95 Å². The lowest BCUT2D eigenvalue weighted by atomic mass is 10.3. The maximum Gasteiger partial charge on any atom is 0.221 e. The van der Waals surface area contributed by atoms with Gasteiger partial charge in [-0.3, -0.25) is 4.57 Å². The molecule has 0 aliphatic rings. The van der Waals surface area contributed by atoms with Crippen LogP contribution in [0.25, 0.3) is 0 Å². The molecule has 0 saturated heterocycles. The van der Waals surface area contributed by atoms with Gasteiger partial charge in [-0.2, -0.15) is 0 Å². The maximum absolute atomic E-state index is 5.75. The Morgan fingerprint density at radius 3 is 2.80 bits per heavy atom. The third-order valence-corrected chi connectivity index (χ3v) is 3.75. The molecule has 2 rings (SSSR count). The highest BCUT2D eigenvalue weighted by molar-refractivity contribution is 7.71. The lowest BCUT2D eigenvalue weighted by Gasteiger charge is -2.11. The Balaban J connectivity index is 2.44. The van der Waals surface area contributed by atoms with E-state index in [0.29, 0.717) is 10.7 Å². The number of nitrogen functional groups attached to an aromatic ring is 1. The largest absolute Gasteiger partial charge is 0.368 e. The van der Waals surface area contributed by atoms with E-state index in [-0.39, 0.29) is 6.04 Å². The summed E-state index contributed by atoms with van der Waals surface area (Å²) in [5, 5.41) is 6.59. The predicted molar refractivity (Wildman–Crippen MR) is 64.7 cm³/mol. The van der Waals surface area contributed by atoms with E-state index in [4.69, 9.17) is 18.0 Å². The molecule has 0 saturated carbocycles. The molecule has 0 aromatic carbocycles. The minimum absolute atomic E-state index is 0.134. The molecular formula is C9H12N4S2. The highest BCUT2D eigenvalue weighted by Gasteiger charge is 2.13. The van der Waals surface area contributed by atoms with Crippen molar-refractivity contribution in [2.75, 3.05) is 5.73 Å². The van der Waals surface area contributed by atoms with E-state index in [1.807, 2.05) is 4.57 Å². The van der Waals surface area contributed by atoms with Crippen LogP contribution in [0.3, 0.4) is 0 Å². The zero-order chi connectivity index (χ0) is 11.0. The summed E-state index contributed by atoms with van der Waals surface area (Å²) >= 11 is 6.87. The number of rotatable bonds is 2. The van der Waals surface area contributed by atoms with Crippen molar-refractivity contribution in [1.29, 1.82) is 0 Å². The second-order valence-electron chi connectivity index (χ2n) is 3.38. The van der Waals surface area contributed by atoms with Crippen LogP contribution in [0, 0.1) is 11.7 Å². The second-order valence-corrected chi connectivity index (χ2v) is 5.09. The van der Waals surface area contributed by atoms with Crippen molar-refractivity contribution in [3.63, 3.8) is 0 Å². The van der Waals surface area contributed by atoms with Gasteiger partial charge < -0.3 is 5.73 Å². The van der Waals surface area contributed by atoms with E-state index in [2.05, 4.69) is 36.2 Å². The first-order valence-electron chi connectivity index (χ1n) is 4.58. The molecule has 4 nitrogen and oxygen atoms in total. The summed E-state index contributed by atoms with van der Waals surface area (Å²) in [5.74, 6) is 0.429. The number of hydrogen-bond donors (Lipinski definition) is 2. The molecule has 15 heavy (non-hydrogen) atoms. The number of anilines is 1. The highest BCUT2D eigenvalue weighted by atomic mass is 32.1. The molecule has 0 amide bonds. The van der Waals surface area contributed by atoms with Gasteiger partial charge in [0.1, 0.15) is 0 Å². The van der Waals surface area contributed by atoms with Crippen molar-refractivity contribution in [1.82, 2.24) is 14.8 Å². The molecule has 0 spiro atoms. The van der Waals surface area contributed by atoms with Crippen molar-refractivity contribution in [3.8, 4) is 0 Å². The van der Waals surface area contributed by atoms with E-state index in [1.165, 1.54) is 9.75 Å². The van der Waals surface area contributed by atoms with Crippen LogP contribution in [0.2, 0.25) is 0 Å². The fourth-order valence-electron chi connectivity index (χ4n) is 1.50. The first-order valence-corrected chi connectivity index (χ1v) is 5.81. The van der Waals surface area contributed by atoms with E-state index in [0.717, 1.165) is 0 Å². The molecule has 0 aliphatic heterocycles. The van der Waals surface area contributed by atoms with Crippen LogP contribution in [-0.4, -0.2) is 14.8 Å². The fraction of sp³-hybridized carbons (Fsp3) is 0.333. The van der Waals surface area contributed by atoms with Crippen LogP contribution in [0.15, 0.2) is 12.1 Å². The molecule has 0 aliphatic carbocycles. The summed E-state index contributed by atoms with van der Waals surface area (Å²) in [5.41, 5.74) is 5.75. The van der Waals surface area contributed by atoms with Crippen LogP contribution in [-0.2, 0) is 0 Å². The Morgan fingerprint density at radius 1 is 1.60 bits per heavy atom. The molecule has 2 aromatic heterocycles. The van der Waals surface area contributed by atoms with Crippen LogP contribution in [0.1, 0.15) is 22.7 Å². The average molecular weight is 240 g/mol. The number of nitrogens with one attached hydrogen (secondary N) is 1. The number of nitrogens with zero attached hydrogens (tertiary/aromatic N) is 2. The number of H-pyrrole nitrogens is 1. The molecular weight excluding hydrogens is 228 g/mol. The zero-order valence-electron chi connectivity index (χ0n) is 8.52. The van der Waals surface area contributed by atoms with Gasteiger partial charge in [0.25, 0.3) is 0 Å². The Kier molecular flexibility index (Phi) is 2.62. The smallest absolute Gasteiger partial charge is 0.221 e. The molecule has 6 heteroatoms. The fourth-order valence-corrected chi connectivity index (χ4v) is 2.71. The van der Waals surface area contributed by atoms with Gasteiger partial charge in [-0.05, 0) is 38.2 Å². The number of aromatic amines is 1. The number of aryl methyl sites for hydroxylation is 1. The van der Waals surface area contributed by atoms with E-state index < -0.39 is 0 Å². The number of aromatic nitrogens is 3. The van der Waals surface area contributed by atoms with E-state index in [1.54, 1.807) is 11.3 Å². The lowest BCUT2D eigenvalue weighted by molar-refractivity contribution is 0.648. The van der Waals surface area contributed by atoms with Crippen molar-refractivity contribution in [2.24, 2.45) is 0 Å². The molecule has 3 N–H and O–H groups in total. The third-order valence-electron chi connectivity index (χ3n) is 2.29. The summed E-state index contributed by atoms with van der Waals surface area (Å²) < 4.78 is 2.38. The number of nitrogens with two attached hydrogens (primary N) is 1. The summed E-state index contributed by atoms with van der Waals surface area (Å²) in [6.07, 6.45) is 0. The quantitative estimate of drug-likeness (QED) is 0.793. The molecule has 2 aromatic rings. The van der Waals surface area contributed by atoms with Crippen molar-refractivity contribution in [3.05, 3.63) is 26.7 Å². The van der Waals surface area contributed by atoms with Gasteiger partial charge in [0.05, 0.1) is 6.04 Å². The Bertz CT molecular complexity index is 522. The first-order chi connectivity index (χ1) is 7.09. The third kappa shape index (κ3) is 1.82. The van der Waals surface area contributed by atoms with Gasteiger partial charge in [-0.1, -0.05) is 0 Å². The molecule has 0 fully saturated rings. The molecule has 2 heterocycles. The van der Waals surface area contributed by atoms with Gasteiger partial charge >= 0.3 is 0 Å². The molecule has 1 atom stereocenters. The number of hydrogen-bond acceptors (Lipinski definition) is 4. The van der Waals surface area contributed by atoms with Crippen molar-refractivity contribution >= 4 is 29.5 Å². The molecule has 0 radical (unpaired) electrons. The van der Waals surface area contributed by atoms with Gasteiger partial charge in [0.15, 0.2) is 4.77 Å². The maximum atomic E-state index is 5.75. The average Bonchev–Trinajstić information content (AvgIpc) is 2.73. The standard InChI is InChI=1S/C9H12N4S2/c1-5-3-4-7(15-5)6(2)13-8(10)11-12-9(13)14/h3-4,6H,1-2H3,(H2,10,11)(H,12,14). The van der Waals surface area contributed by atoms with E-state index in [9.17, 15) is 0 Å². The molecule has 80 valence electrons. The van der Waals surface area contributed by atoms with Gasteiger partial charge in [0, 0.05) is 9.75 Å². The Hall–Kier alpha value is -1.14. The van der Waals surface area contributed by atoms with Crippen LogP contribution in [0.4, 0.5) is 5.95 Å². The van der Waals surface area contributed by atoms with Crippen LogP contribution < -0.4 is 5.73 Å². The van der Waals surface area contributed by atoms with E-state index >= 15 is 0 Å². The number of thiophene rings is 1. The van der Waals surface area contributed by atoms with Gasteiger partial charge in [-0.15, -0.1) is 16.4 Å². The minimum atomic E-state index is 0.134. The summed E-state index contributed by atoms with van der Waals surface area (Å²) in [6, 6.07) is 4.32. The Labute approximate surface area is 96.7 Å². The SMILES string of the molecule is Cc1ccc(C(C)n2c(N)n[nH]c2=S)s1. The van der Waals surface area contributed by atoms with Crippen molar-refractivity contribution < 1.29 is 0 Å². The minimum Gasteiger partial charge on any atom is -0.368 e. The van der Waals surface area contributed by atoms with Crippen LogP contribution >= 0.6 is 23.6 Å². The first kappa shape index (κ1) is 10.4. The lowest BCUT2D eigenvalue weighted by Crippen LogP contribution is -2.09. The van der Waals surface area contributed by atoms with Crippen molar-refractivity contribution in [2.45, 2.75) is 19.9 Å². The predicted octanol–water partition coefficient (Wildman–Crippen LogP) is 2.50. The second kappa shape index (κ2) is 3.79. The van der Waals surface area contributed by atoms with Crippen LogP contribution in [0.5, 0.6) is 0 Å². The normalized spacial score (nSPS) is 12.9. The summed E-state index contributed by atoms with van der Waals surface area (Å²) in [7, 11) is 0. The molecule has 0 bridgehead atoms. The summed E-state index contributed by atoms with van der Waals surface area (Å²) in [4.78, 5) is 2.52. The van der Waals surface area contributed by atoms with Gasteiger partial charge in [-0.25, -0.2) is 5.10 Å².